The summed E-state index contributed by atoms with van der Waals surface area (Å²) in [6, 6.07) is 8.68. The molecule has 1 aromatic carbocycles. The number of rotatable bonds is 7. The molecule has 1 atom stereocenters. The summed E-state index contributed by atoms with van der Waals surface area (Å²) in [6.45, 7) is 11.0. The van der Waals surface area contributed by atoms with Crippen LogP contribution >= 0.6 is 0 Å². The van der Waals surface area contributed by atoms with Crippen molar-refractivity contribution in [3.05, 3.63) is 35.9 Å². The summed E-state index contributed by atoms with van der Waals surface area (Å²) < 4.78 is 10.4. The highest BCUT2D eigenvalue weighted by Gasteiger charge is 2.33. The van der Waals surface area contributed by atoms with E-state index in [2.05, 4.69) is 5.32 Å². The third-order valence-corrected chi connectivity index (χ3v) is 5.50. The molecule has 184 valence electrons. The quantitative estimate of drug-likeness (QED) is 0.615. The highest BCUT2D eigenvalue weighted by Crippen LogP contribution is 2.22. The van der Waals surface area contributed by atoms with Gasteiger partial charge in [0.1, 0.15) is 11.6 Å². The SMILES string of the molecule is COC(=O)[C@H](CC(C)C)NC(=O)N(Cc1ccccc1)C1CCN(C(=O)OC(C)(C)C)CC1. The first-order chi connectivity index (χ1) is 15.5. The minimum absolute atomic E-state index is 0.0683. The maximum Gasteiger partial charge on any atom is 0.410 e. The number of nitrogens with one attached hydrogen (secondary N) is 1. The Labute approximate surface area is 197 Å². The molecule has 2 rings (SSSR count). The first kappa shape index (κ1) is 26.5. The predicted octanol–water partition coefficient (Wildman–Crippen LogP) is 4.19. The van der Waals surface area contributed by atoms with Gasteiger partial charge in [-0.2, -0.15) is 0 Å². The van der Waals surface area contributed by atoms with Crippen LogP contribution in [0.5, 0.6) is 0 Å². The van der Waals surface area contributed by atoms with Gasteiger partial charge in [-0.3, -0.25) is 0 Å². The molecule has 1 saturated heterocycles. The molecular weight excluding hydrogens is 422 g/mol. The summed E-state index contributed by atoms with van der Waals surface area (Å²) in [5, 5.41) is 2.89. The number of hydrogen-bond donors (Lipinski definition) is 1. The molecule has 1 fully saturated rings. The van der Waals surface area contributed by atoms with Gasteiger partial charge in [0, 0.05) is 25.7 Å². The third kappa shape index (κ3) is 8.59. The molecule has 0 bridgehead atoms. The van der Waals surface area contributed by atoms with Crippen molar-refractivity contribution in [3.8, 4) is 0 Å². The fourth-order valence-corrected chi connectivity index (χ4v) is 3.89. The number of nitrogens with zero attached hydrogens (tertiary/aromatic N) is 2. The minimum atomic E-state index is -0.706. The van der Waals surface area contributed by atoms with Gasteiger partial charge in [-0.1, -0.05) is 44.2 Å². The molecule has 0 aliphatic carbocycles. The number of hydrogen-bond acceptors (Lipinski definition) is 5. The smallest absolute Gasteiger partial charge is 0.410 e. The molecule has 1 heterocycles. The van der Waals surface area contributed by atoms with E-state index in [4.69, 9.17) is 9.47 Å². The maximum atomic E-state index is 13.4. The first-order valence-electron chi connectivity index (χ1n) is 11.7. The lowest BCUT2D eigenvalue weighted by Gasteiger charge is -2.39. The number of esters is 1. The molecule has 33 heavy (non-hydrogen) atoms. The van der Waals surface area contributed by atoms with Gasteiger partial charge in [-0.05, 0) is 51.5 Å². The molecule has 1 N–H and O–H groups in total. The standard InChI is InChI=1S/C25H39N3O5/c1-18(2)16-21(22(29)32-6)26-23(30)28(17-19-10-8-7-9-11-19)20-12-14-27(15-13-20)24(31)33-25(3,4)5/h7-11,18,20-21H,12-17H2,1-6H3,(H,26,30)/t21-/m0/s1. The molecule has 0 aromatic heterocycles. The number of carbonyl (C=O) groups excluding carboxylic acids is 3. The summed E-state index contributed by atoms with van der Waals surface area (Å²) in [7, 11) is 1.33. The Morgan fingerprint density at radius 1 is 1.12 bits per heavy atom. The van der Waals surface area contributed by atoms with Crippen LogP contribution in [0.15, 0.2) is 30.3 Å². The molecular formula is C25H39N3O5. The number of piperidine rings is 1. The summed E-state index contributed by atoms with van der Waals surface area (Å²) in [5.74, 6) is -0.231. The highest BCUT2D eigenvalue weighted by molar-refractivity contribution is 5.83. The number of urea groups is 1. The summed E-state index contributed by atoms with van der Waals surface area (Å²) in [6.07, 6.45) is 1.43. The van der Waals surface area contributed by atoms with Crippen LogP contribution in [0.25, 0.3) is 0 Å². The number of methoxy groups -OCH3 is 1. The van der Waals surface area contributed by atoms with E-state index in [0.717, 1.165) is 5.56 Å². The molecule has 0 spiro atoms. The van der Waals surface area contributed by atoms with Crippen molar-refractivity contribution in [2.45, 2.75) is 78.1 Å². The van der Waals surface area contributed by atoms with Crippen LogP contribution in [-0.2, 0) is 20.8 Å². The minimum Gasteiger partial charge on any atom is -0.467 e. The maximum absolute atomic E-state index is 13.4. The molecule has 3 amide bonds. The second-order valence-corrected chi connectivity index (χ2v) is 9.97. The average Bonchev–Trinajstić information content (AvgIpc) is 2.75. The fourth-order valence-electron chi connectivity index (χ4n) is 3.89. The molecule has 1 aliphatic heterocycles. The van der Waals surface area contributed by atoms with Gasteiger partial charge in [0.25, 0.3) is 0 Å². The number of carbonyl (C=O) groups is 3. The Morgan fingerprint density at radius 2 is 1.73 bits per heavy atom. The molecule has 1 aliphatic rings. The lowest BCUT2D eigenvalue weighted by atomic mass is 10.0. The normalized spacial score (nSPS) is 15.7. The van der Waals surface area contributed by atoms with E-state index >= 15 is 0 Å². The summed E-state index contributed by atoms with van der Waals surface area (Å²) >= 11 is 0. The lowest BCUT2D eigenvalue weighted by molar-refractivity contribution is -0.143. The zero-order chi connectivity index (χ0) is 24.6. The molecule has 0 saturated carbocycles. The third-order valence-electron chi connectivity index (χ3n) is 5.50. The van der Waals surface area contributed by atoms with Gasteiger partial charge in [-0.15, -0.1) is 0 Å². The van der Waals surface area contributed by atoms with Crippen molar-refractivity contribution >= 4 is 18.1 Å². The van der Waals surface area contributed by atoms with Gasteiger partial charge in [0.15, 0.2) is 0 Å². The van der Waals surface area contributed by atoms with Gasteiger partial charge >= 0.3 is 18.1 Å². The molecule has 0 unspecified atom stereocenters. The predicted molar refractivity (Wildman–Crippen MR) is 127 cm³/mol. The Kier molecular flexibility index (Phi) is 9.56. The van der Waals surface area contributed by atoms with Crippen LogP contribution in [0.1, 0.15) is 59.4 Å². The van der Waals surface area contributed by atoms with E-state index in [-0.39, 0.29) is 24.1 Å². The van der Waals surface area contributed by atoms with Gasteiger partial charge in [-0.25, -0.2) is 14.4 Å². The molecule has 8 heteroatoms. The van der Waals surface area contributed by atoms with Crippen LogP contribution in [0.2, 0.25) is 0 Å². The Hall–Kier alpha value is -2.77. The van der Waals surface area contributed by atoms with Gasteiger partial charge in [0.2, 0.25) is 0 Å². The van der Waals surface area contributed by atoms with Crippen LogP contribution in [0, 0.1) is 5.92 Å². The van der Waals surface area contributed by atoms with Crippen LogP contribution in [0.3, 0.4) is 0 Å². The monoisotopic (exact) mass is 461 g/mol. The van der Waals surface area contributed by atoms with Gasteiger partial charge in [0.05, 0.1) is 7.11 Å². The average molecular weight is 462 g/mol. The van der Waals surface area contributed by atoms with E-state index in [1.165, 1.54) is 7.11 Å². The lowest BCUT2D eigenvalue weighted by Crippen LogP contribution is -2.54. The van der Waals surface area contributed by atoms with Crippen molar-refractivity contribution in [3.63, 3.8) is 0 Å². The summed E-state index contributed by atoms with van der Waals surface area (Å²) in [4.78, 5) is 41.5. The van der Waals surface area contributed by atoms with Crippen LogP contribution < -0.4 is 5.32 Å². The topological polar surface area (TPSA) is 88.2 Å². The van der Waals surface area contributed by atoms with E-state index in [9.17, 15) is 14.4 Å². The van der Waals surface area contributed by atoms with Crippen molar-refractivity contribution in [1.82, 2.24) is 15.1 Å². The molecule has 8 nitrogen and oxygen atoms in total. The second-order valence-electron chi connectivity index (χ2n) is 9.97. The van der Waals surface area contributed by atoms with E-state index in [1.807, 2.05) is 65.0 Å². The largest absolute Gasteiger partial charge is 0.467 e. The Morgan fingerprint density at radius 3 is 2.24 bits per heavy atom. The number of amides is 3. The number of ether oxygens (including phenoxy) is 2. The van der Waals surface area contributed by atoms with Crippen molar-refractivity contribution < 1.29 is 23.9 Å². The molecule has 1 aromatic rings. The van der Waals surface area contributed by atoms with E-state index in [1.54, 1.807) is 9.80 Å². The zero-order valence-corrected chi connectivity index (χ0v) is 20.8. The van der Waals surface area contributed by atoms with Crippen molar-refractivity contribution in [2.24, 2.45) is 5.92 Å². The first-order valence-corrected chi connectivity index (χ1v) is 11.7. The van der Waals surface area contributed by atoms with Crippen LogP contribution in [0.4, 0.5) is 9.59 Å². The van der Waals surface area contributed by atoms with Crippen LogP contribution in [-0.4, -0.2) is 65.8 Å². The van der Waals surface area contributed by atoms with E-state index < -0.39 is 17.6 Å². The van der Waals surface area contributed by atoms with Gasteiger partial charge < -0.3 is 24.6 Å². The second kappa shape index (κ2) is 11.9. The number of benzene rings is 1. The van der Waals surface area contributed by atoms with E-state index in [0.29, 0.717) is 38.9 Å². The summed E-state index contributed by atoms with van der Waals surface area (Å²) in [5.41, 5.74) is 0.452. The van der Waals surface area contributed by atoms with Crippen molar-refractivity contribution in [2.75, 3.05) is 20.2 Å². The highest BCUT2D eigenvalue weighted by atomic mass is 16.6. The Balaban J connectivity index is 2.13. The van der Waals surface area contributed by atoms with Crippen molar-refractivity contribution in [1.29, 1.82) is 0 Å². The number of likely N-dealkylation sites (tertiary alicyclic amines) is 1. The zero-order valence-electron chi connectivity index (χ0n) is 20.8. The Bertz CT molecular complexity index is 783. The molecule has 0 radical (unpaired) electrons. The fraction of sp³-hybridized carbons (Fsp3) is 0.640.